The number of pyridine rings is 1. The molecule has 0 saturated carbocycles. The maximum absolute atomic E-state index is 13.3. The van der Waals surface area contributed by atoms with Gasteiger partial charge in [-0.3, -0.25) is 4.57 Å². The van der Waals surface area contributed by atoms with Crippen molar-refractivity contribution >= 4 is 17.1 Å². The van der Waals surface area contributed by atoms with Crippen LogP contribution in [0.25, 0.3) is 11.2 Å². The Hall–Kier alpha value is -2.43. The zero-order valence-corrected chi connectivity index (χ0v) is 10.4. The van der Waals surface area contributed by atoms with Crippen molar-refractivity contribution in [3.8, 4) is 0 Å². The van der Waals surface area contributed by atoms with Gasteiger partial charge in [0.05, 0.1) is 6.04 Å². The molecule has 3 rings (SSSR count). The first-order valence-corrected chi connectivity index (χ1v) is 6.00. The van der Waals surface area contributed by atoms with Gasteiger partial charge in [0.25, 0.3) is 0 Å². The Morgan fingerprint density at radius 2 is 2.11 bits per heavy atom. The van der Waals surface area contributed by atoms with Gasteiger partial charge in [-0.15, -0.1) is 0 Å². The highest BCUT2D eigenvalue weighted by atomic mass is 19.1. The minimum absolute atomic E-state index is 0.129. The number of halogens is 1. The van der Waals surface area contributed by atoms with E-state index in [4.69, 9.17) is 5.73 Å². The number of imidazole rings is 1. The molecule has 96 valence electrons. The third-order valence-electron chi connectivity index (χ3n) is 3.19. The average Bonchev–Trinajstić information content (AvgIpc) is 2.74. The molecular formula is C14H13FN4. The summed E-state index contributed by atoms with van der Waals surface area (Å²) in [5.41, 5.74) is 8.22. The van der Waals surface area contributed by atoms with Crippen molar-refractivity contribution in [2.24, 2.45) is 0 Å². The van der Waals surface area contributed by atoms with Crippen LogP contribution in [-0.2, 0) is 0 Å². The minimum atomic E-state index is -0.264. The van der Waals surface area contributed by atoms with E-state index in [1.165, 1.54) is 12.1 Å². The monoisotopic (exact) mass is 256 g/mol. The fraction of sp³-hybridized carbons (Fsp3) is 0.143. The smallest absolute Gasteiger partial charge is 0.203 e. The summed E-state index contributed by atoms with van der Waals surface area (Å²) < 4.78 is 15.1. The highest BCUT2D eigenvalue weighted by Crippen LogP contribution is 2.26. The number of nitrogen functional groups attached to an aromatic ring is 1. The number of nitrogens with zero attached hydrogens (tertiary/aromatic N) is 3. The number of hydrogen-bond acceptors (Lipinski definition) is 3. The first kappa shape index (κ1) is 11.6. The van der Waals surface area contributed by atoms with Gasteiger partial charge in [0.1, 0.15) is 11.3 Å². The van der Waals surface area contributed by atoms with Crippen molar-refractivity contribution in [3.05, 3.63) is 54.0 Å². The first-order valence-electron chi connectivity index (χ1n) is 6.00. The third kappa shape index (κ3) is 1.93. The lowest BCUT2D eigenvalue weighted by atomic mass is 10.1. The molecule has 0 bridgehead atoms. The number of fused-ring (bicyclic) bond motifs is 1. The Bertz CT molecular complexity index is 735. The van der Waals surface area contributed by atoms with Gasteiger partial charge in [0, 0.05) is 6.20 Å². The molecule has 0 saturated heterocycles. The second-order valence-electron chi connectivity index (χ2n) is 4.42. The molecule has 19 heavy (non-hydrogen) atoms. The molecule has 1 atom stereocenters. The van der Waals surface area contributed by atoms with Crippen LogP contribution < -0.4 is 5.73 Å². The Balaban J connectivity index is 2.16. The van der Waals surface area contributed by atoms with E-state index >= 15 is 0 Å². The van der Waals surface area contributed by atoms with Gasteiger partial charge >= 0.3 is 0 Å². The molecule has 0 fully saturated rings. The van der Waals surface area contributed by atoms with Crippen LogP contribution in [0.5, 0.6) is 0 Å². The molecule has 2 N–H and O–H groups in total. The predicted molar refractivity (Wildman–Crippen MR) is 72.2 cm³/mol. The van der Waals surface area contributed by atoms with Crippen molar-refractivity contribution < 1.29 is 4.39 Å². The van der Waals surface area contributed by atoms with Gasteiger partial charge in [0.15, 0.2) is 5.65 Å². The van der Waals surface area contributed by atoms with Crippen LogP contribution >= 0.6 is 0 Å². The van der Waals surface area contributed by atoms with Gasteiger partial charge in [-0.05, 0) is 36.8 Å². The number of nitrogens with two attached hydrogens (primary N) is 1. The summed E-state index contributed by atoms with van der Waals surface area (Å²) in [7, 11) is 0. The Morgan fingerprint density at radius 3 is 2.89 bits per heavy atom. The van der Waals surface area contributed by atoms with E-state index < -0.39 is 0 Å². The maximum atomic E-state index is 13.3. The molecule has 0 amide bonds. The van der Waals surface area contributed by atoms with Gasteiger partial charge in [0.2, 0.25) is 5.95 Å². The van der Waals surface area contributed by atoms with Crippen molar-refractivity contribution in [2.75, 3.05) is 5.73 Å². The summed E-state index contributed by atoms with van der Waals surface area (Å²) in [4.78, 5) is 8.56. The van der Waals surface area contributed by atoms with Crippen LogP contribution in [0.15, 0.2) is 42.6 Å². The Labute approximate surface area is 109 Å². The molecule has 2 heterocycles. The van der Waals surface area contributed by atoms with E-state index in [0.717, 1.165) is 11.1 Å². The second kappa shape index (κ2) is 4.35. The molecule has 0 aliphatic carbocycles. The molecular weight excluding hydrogens is 243 g/mol. The van der Waals surface area contributed by atoms with E-state index in [1.807, 2.05) is 29.7 Å². The number of hydrogen-bond donors (Lipinski definition) is 1. The van der Waals surface area contributed by atoms with E-state index in [-0.39, 0.29) is 11.9 Å². The minimum Gasteiger partial charge on any atom is -0.369 e. The molecule has 1 unspecified atom stereocenters. The third-order valence-corrected chi connectivity index (χ3v) is 3.19. The number of rotatable bonds is 2. The summed E-state index contributed by atoms with van der Waals surface area (Å²) in [5, 5.41) is 0. The van der Waals surface area contributed by atoms with E-state index in [0.29, 0.717) is 11.6 Å². The molecule has 0 spiro atoms. The van der Waals surface area contributed by atoms with E-state index in [2.05, 4.69) is 9.97 Å². The standard InChI is InChI=1S/C14H13FN4/c1-9(10-4-2-5-11(15)8-10)19-13-12(18-14(19)16)6-3-7-17-13/h2-9H,1H3,(H2,16,18). The van der Waals surface area contributed by atoms with Gasteiger partial charge in [-0.1, -0.05) is 12.1 Å². The van der Waals surface area contributed by atoms with Crippen LogP contribution in [0.2, 0.25) is 0 Å². The molecule has 3 aromatic rings. The lowest BCUT2D eigenvalue weighted by molar-refractivity contribution is 0.611. The van der Waals surface area contributed by atoms with Crippen LogP contribution in [0, 0.1) is 5.82 Å². The molecule has 2 aromatic heterocycles. The van der Waals surface area contributed by atoms with Crippen molar-refractivity contribution in [3.63, 3.8) is 0 Å². The Kier molecular flexibility index (Phi) is 2.67. The number of benzene rings is 1. The SMILES string of the molecule is CC(c1cccc(F)c1)n1c(N)nc2cccnc21. The fourth-order valence-electron chi connectivity index (χ4n) is 2.24. The lowest BCUT2D eigenvalue weighted by Crippen LogP contribution is -2.10. The van der Waals surface area contributed by atoms with Crippen LogP contribution in [0.3, 0.4) is 0 Å². The normalized spacial score (nSPS) is 12.7. The number of aromatic nitrogens is 3. The lowest BCUT2D eigenvalue weighted by Gasteiger charge is -2.15. The highest BCUT2D eigenvalue weighted by molar-refractivity contribution is 5.74. The van der Waals surface area contributed by atoms with Gasteiger partial charge in [-0.2, -0.15) is 0 Å². The summed E-state index contributed by atoms with van der Waals surface area (Å²) in [5.74, 6) is 0.116. The van der Waals surface area contributed by atoms with Crippen molar-refractivity contribution in [1.29, 1.82) is 0 Å². The second-order valence-corrected chi connectivity index (χ2v) is 4.42. The zero-order chi connectivity index (χ0) is 13.4. The number of anilines is 1. The fourth-order valence-corrected chi connectivity index (χ4v) is 2.24. The van der Waals surface area contributed by atoms with Crippen LogP contribution in [-0.4, -0.2) is 14.5 Å². The molecule has 4 nitrogen and oxygen atoms in total. The maximum Gasteiger partial charge on any atom is 0.203 e. The topological polar surface area (TPSA) is 56.7 Å². The summed E-state index contributed by atoms with van der Waals surface area (Å²) in [6.07, 6.45) is 1.69. The van der Waals surface area contributed by atoms with Crippen LogP contribution in [0.4, 0.5) is 10.3 Å². The molecule has 0 radical (unpaired) electrons. The van der Waals surface area contributed by atoms with E-state index in [1.54, 1.807) is 12.3 Å². The molecule has 0 aliphatic rings. The molecule has 1 aromatic carbocycles. The summed E-state index contributed by atoms with van der Waals surface area (Å²) >= 11 is 0. The summed E-state index contributed by atoms with van der Waals surface area (Å²) in [6, 6.07) is 10.0. The largest absolute Gasteiger partial charge is 0.369 e. The van der Waals surface area contributed by atoms with Crippen molar-refractivity contribution in [1.82, 2.24) is 14.5 Å². The zero-order valence-electron chi connectivity index (χ0n) is 10.4. The summed E-state index contributed by atoms with van der Waals surface area (Å²) in [6.45, 7) is 1.95. The van der Waals surface area contributed by atoms with Crippen molar-refractivity contribution in [2.45, 2.75) is 13.0 Å². The highest BCUT2D eigenvalue weighted by Gasteiger charge is 2.16. The average molecular weight is 256 g/mol. The molecule has 5 heteroatoms. The van der Waals surface area contributed by atoms with Crippen LogP contribution in [0.1, 0.15) is 18.5 Å². The first-order chi connectivity index (χ1) is 9.16. The quantitative estimate of drug-likeness (QED) is 0.767. The Morgan fingerprint density at radius 1 is 1.26 bits per heavy atom. The van der Waals surface area contributed by atoms with E-state index in [9.17, 15) is 4.39 Å². The van der Waals surface area contributed by atoms with Gasteiger partial charge < -0.3 is 5.73 Å². The predicted octanol–water partition coefficient (Wildman–Crippen LogP) is 2.76. The van der Waals surface area contributed by atoms with Gasteiger partial charge in [-0.25, -0.2) is 14.4 Å². The molecule has 0 aliphatic heterocycles.